The molecular weight excluding hydrogens is 132 g/mol. The first-order valence-electron chi connectivity index (χ1n) is 3.68. The van der Waals surface area contributed by atoms with Crippen molar-refractivity contribution < 1.29 is 15.3 Å². The molecule has 0 aromatic rings. The van der Waals surface area contributed by atoms with Crippen molar-refractivity contribution in [3.8, 4) is 0 Å². The summed E-state index contributed by atoms with van der Waals surface area (Å²) in [5.41, 5.74) is -0.904. The summed E-state index contributed by atoms with van der Waals surface area (Å²) in [5.74, 6) is 0. The van der Waals surface area contributed by atoms with Crippen LogP contribution in [0, 0.1) is 0 Å². The largest absolute Gasteiger partial charge is 0.393 e. The lowest BCUT2D eigenvalue weighted by molar-refractivity contribution is -0.0658. The summed E-state index contributed by atoms with van der Waals surface area (Å²) in [7, 11) is 0. The monoisotopic (exact) mass is 146 g/mol. The van der Waals surface area contributed by atoms with E-state index in [1.807, 2.05) is 0 Å². The lowest BCUT2D eigenvalue weighted by Crippen LogP contribution is -2.38. The van der Waals surface area contributed by atoms with Gasteiger partial charge in [0.25, 0.3) is 0 Å². The van der Waals surface area contributed by atoms with E-state index in [1.165, 1.54) is 0 Å². The second-order valence-electron chi connectivity index (χ2n) is 3.11. The summed E-state index contributed by atoms with van der Waals surface area (Å²) in [6.45, 7) is -0.181. The molecule has 1 saturated carbocycles. The van der Waals surface area contributed by atoms with Crippen LogP contribution in [0.15, 0.2) is 0 Å². The van der Waals surface area contributed by atoms with Crippen molar-refractivity contribution in [3.05, 3.63) is 0 Å². The van der Waals surface area contributed by atoms with Gasteiger partial charge in [-0.25, -0.2) is 0 Å². The highest BCUT2D eigenvalue weighted by atomic mass is 16.3. The van der Waals surface area contributed by atoms with Crippen LogP contribution in [0.3, 0.4) is 0 Å². The Balaban J connectivity index is 2.38. The average molecular weight is 146 g/mol. The Morgan fingerprint density at radius 2 is 1.80 bits per heavy atom. The summed E-state index contributed by atoms with van der Waals surface area (Å²) in [6, 6.07) is 0. The molecule has 0 bridgehead atoms. The summed E-state index contributed by atoms with van der Waals surface area (Å²) >= 11 is 0. The molecule has 0 radical (unpaired) electrons. The predicted molar refractivity (Wildman–Crippen MR) is 36.5 cm³/mol. The molecule has 0 aliphatic heterocycles. The number of aliphatic hydroxyl groups is 3. The van der Waals surface area contributed by atoms with Crippen LogP contribution in [0.25, 0.3) is 0 Å². The van der Waals surface area contributed by atoms with Crippen LogP contribution in [0.4, 0.5) is 0 Å². The molecule has 0 atom stereocenters. The van der Waals surface area contributed by atoms with E-state index in [1.54, 1.807) is 0 Å². The topological polar surface area (TPSA) is 60.7 Å². The van der Waals surface area contributed by atoms with Gasteiger partial charge in [0.15, 0.2) is 0 Å². The van der Waals surface area contributed by atoms with Gasteiger partial charge in [0, 0.05) is 0 Å². The average Bonchev–Trinajstić information content (AvgIpc) is 1.96. The van der Waals surface area contributed by atoms with Crippen molar-refractivity contribution in [3.63, 3.8) is 0 Å². The third-order valence-corrected chi connectivity index (χ3v) is 2.18. The Bertz CT molecular complexity index is 105. The standard InChI is InChI=1S/C7H14O3/c8-5-7(10)3-1-6(9)2-4-7/h6,8-10H,1-5H2. The molecule has 60 valence electrons. The molecule has 0 heterocycles. The van der Waals surface area contributed by atoms with Gasteiger partial charge in [-0.05, 0) is 25.7 Å². The highest BCUT2D eigenvalue weighted by molar-refractivity contribution is 4.84. The van der Waals surface area contributed by atoms with Gasteiger partial charge in [-0.3, -0.25) is 0 Å². The van der Waals surface area contributed by atoms with Crippen LogP contribution < -0.4 is 0 Å². The quantitative estimate of drug-likeness (QED) is 0.473. The minimum absolute atomic E-state index is 0.181. The fourth-order valence-electron chi connectivity index (χ4n) is 1.30. The van der Waals surface area contributed by atoms with E-state index in [0.29, 0.717) is 25.7 Å². The van der Waals surface area contributed by atoms with Crippen LogP contribution in [0.1, 0.15) is 25.7 Å². The summed E-state index contributed by atoms with van der Waals surface area (Å²) < 4.78 is 0. The highest BCUT2D eigenvalue weighted by Crippen LogP contribution is 2.27. The smallest absolute Gasteiger partial charge is 0.0879 e. The second-order valence-corrected chi connectivity index (χ2v) is 3.11. The van der Waals surface area contributed by atoms with E-state index in [2.05, 4.69) is 0 Å². The molecule has 0 spiro atoms. The molecule has 3 nitrogen and oxygen atoms in total. The second kappa shape index (κ2) is 2.86. The molecule has 3 N–H and O–H groups in total. The van der Waals surface area contributed by atoms with E-state index < -0.39 is 5.60 Å². The van der Waals surface area contributed by atoms with Gasteiger partial charge in [0.2, 0.25) is 0 Å². The molecule has 0 aromatic carbocycles. The molecule has 0 saturated heterocycles. The molecule has 1 aliphatic rings. The maximum absolute atomic E-state index is 9.44. The first kappa shape index (κ1) is 7.98. The normalized spacial score (nSPS) is 41.7. The molecule has 0 unspecified atom stereocenters. The van der Waals surface area contributed by atoms with Crippen molar-refractivity contribution in [1.29, 1.82) is 0 Å². The van der Waals surface area contributed by atoms with Crippen LogP contribution in [-0.2, 0) is 0 Å². The summed E-state index contributed by atoms with van der Waals surface area (Å²) in [5, 5.41) is 27.2. The van der Waals surface area contributed by atoms with Gasteiger partial charge < -0.3 is 15.3 Å². The van der Waals surface area contributed by atoms with Crippen molar-refractivity contribution in [1.82, 2.24) is 0 Å². The lowest BCUT2D eigenvalue weighted by Gasteiger charge is -2.32. The molecule has 0 aromatic heterocycles. The van der Waals surface area contributed by atoms with Crippen LogP contribution in [0.5, 0.6) is 0 Å². The third kappa shape index (κ3) is 1.68. The van der Waals surface area contributed by atoms with Crippen molar-refractivity contribution in [2.75, 3.05) is 6.61 Å². The van der Waals surface area contributed by atoms with Crippen LogP contribution in [0.2, 0.25) is 0 Å². The first-order chi connectivity index (χ1) is 4.66. The first-order valence-corrected chi connectivity index (χ1v) is 3.68. The van der Waals surface area contributed by atoms with Gasteiger partial charge in [-0.2, -0.15) is 0 Å². The molecule has 1 rings (SSSR count). The predicted octanol–water partition coefficient (Wildman–Crippen LogP) is -0.355. The lowest BCUT2D eigenvalue weighted by atomic mass is 9.84. The zero-order valence-electron chi connectivity index (χ0n) is 5.95. The Hall–Kier alpha value is -0.120. The number of hydrogen-bond acceptors (Lipinski definition) is 3. The number of rotatable bonds is 1. The fourth-order valence-corrected chi connectivity index (χ4v) is 1.30. The zero-order valence-corrected chi connectivity index (χ0v) is 5.95. The fraction of sp³-hybridized carbons (Fsp3) is 1.00. The SMILES string of the molecule is OCC1(O)CCC(O)CC1. The number of aliphatic hydroxyl groups excluding tert-OH is 2. The van der Waals surface area contributed by atoms with Crippen molar-refractivity contribution >= 4 is 0 Å². The summed E-state index contributed by atoms with van der Waals surface area (Å²) in [4.78, 5) is 0. The Labute approximate surface area is 60.3 Å². The highest BCUT2D eigenvalue weighted by Gasteiger charge is 2.31. The van der Waals surface area contributed by atoms with E-state index in [9.17, 15) is 5.11 Å². The van der Waals surface area contributed by atoms with E-state index in [0.717, 1.165) is 0 Å². The molecular formula is C7H14O3. The van der Waals surface area contributed by atoms with Crippen molar-refractivity contribution in [2.24, 2.45) is 0 Å². The third-order valence-electron chi connectivity index (χ3n) is 2.18. The maximum atomic E-state index is 9.44. The number of hydrogen-bond donors (Lipinski definition) is 3. The van der Waals surface area contributed by atoms with Crippen LogP contribution in [-0.4, -0.2) is 33.6 Å². The van der Waals surface area contributed by atoms with Gasteiger partial charge >= 0.3 is 0 Å². The van der Waals surface area contributed by atoms with E-state index in [4.69, 9.17) is 10.2 Å². The molecule has 1 aliphatic carbocycles. The van der Waals surface area contributed by atoms with Gasteiger partial charge in [-0.1, -0.05) is 0 Å². The minimum atomic E-state index is -0.904. The minimum Gasteiger partial charge on any atom is -0.393 e. The maximum Gasteiger partial charge on any atom is 0.0879 e. The summed E-state index contributed by atoms with van der Waals surface area (Å²) in [6.07, 6.45) is 1.98. The van der Waals surface area contributed by atoms with E-state index in [-0.39, 0.29) is 12.7 Å². The molecule has 1 fully saturated rings. The molecule has 0 amide bonds. The van der Waals surface area contributed by atoms with Gasteiger partial charge in [-0.15, -0.1) is 0 Å². The van der Waals surface area contributed by atoms with Crippen LogP contribution >= 0.6 is 0 Å². The molecule has 3 heteroatoms. The molecule has 10 heavy (non-hydrogen) atoms. The van der Waals surface area contributed by atoms with Gasteiger partial charge in [0.1, 0.15) is 0 Å². The Morgan fingerprint density at radius 1 is 1.30 bits per heavy atom. The Kier molecular flexibility index (Phi) is 2.28. The van der Waals surface area contributed by atoms with Crippen molar-refractivity contribution in [2.45, 2.75) is 37.4 Å². The Morgan fingerprint density at radius 3 is 2.20 bits per heavy atom. The zero-order chi connectivity index (χ0) is 7.61. The van der Waals surface area contributed by atoms with E-state index >= 15 is 0 Å². The van der Waals surface area contributed by atoms with Gasteiger partial charge in [0.05, 0.1) is 18.3 Å².